The van der Waals surface area contributed by atoms with Gasteiger partial charge in [0.15, 0.2) is 11.5 Å². The van der Waals surface area contributed by atoms with E-state index in [1.807, 2.05) is 18.2 Å². The molecule has 2 N–H and O–H groups in total. The molecule has 30 heavy (non-hydrogen) atoms. The smallest absolute Gasteiger partial charge is 0.242 e. The van der Waals surface area contributed by atoms with E-state index in [9.17, 15) is 14.7 Å². The third-order valence-corrected chi connectivity index (χ3v) is 5.75. The Labute approximate surface area is 179 Å². The second-order valence-corrected chi connectivity index (χ2v) is 7.79. The Bertz CT molecular complexity index is 951. The Balaban J connectivity index is 1.33. The molecule has 1 saturated heterocycles. The number of hydrogen-bond donors (Lipinski definition) is 2. The van der Waals surface area contributed by atoms with Crippen LogP contribution in [0.25, 0.3) is 0 Å². The summed E-state index contributed by atoms with van der Waals surface area (Å²) in [6.07, 6.45) is 0.375. The number of benzene rings is 2. The van der Waals surface area contributed by atoms with Crippen LogP contribution in [0, 0.1) is 0 Å². The molecule has 0 saturated carbocycles. The molecule has 158 valence electrons. The minimum Gasteiger partial charge on any atom is -0.454 e. The summed E-state index contributed by atoms with van der Waals surface area (Å²) in [5.41, 5.74) is 1.51. The van der Waals surface area contributed by atoms with Crippen LogP contribution < -0.4 is 14.8 Å². The van der Waals surface area contributed by atoms with Crippen LogP contribution in [-0.4, -0.2) is 41.2 Å². The largest absolute Gasteiger partial charge is 0.454 e. The van der Waals surface area contributed by atoms with Crippen LogP contribution in [0.3, 0.4) is 0 Å². The third kappa shape index (κ3) is 4.37. The van der Waals surface area contributed by atoms with Gasteiger partial charge in [-0.1, -0.05) is 35.9 Å². The number of aliphatic hydroxyl groups excluding tert-OH is 1. The van der Waals surface area contributed by atoms with Crippen molar-refractivity contribution in [2.24, 2.45) is 0 Å². The van der Waals surface area contributed by atoms with Crippen molar-refractivity contribution in [1.29, 1.82) is 0 Å². The van der Waals surface area contributed by atoms with Gasteiger partial charge in [-0.15, -0.1) is 0 Å². The molecule has 2 atom stereocenters. The van der Waals surface area contributed by atoms with E-state index in [2.05, 4.69) is 5.32 Å². The van der Waals surface area contributed by atoms with E-state index in [-0.39, 0.29) is 25.2 Å². The predicted molar refractivity (Wildman–Crippen MR) is 110 cm³/mol. The molecule has 2 aromatic carbocycles. The maximum Gasteiger partial charge on any atom is 0.242 e. The topological polar surface area (TPSA) is 88.1 Å². The SMILES string of the molecule is O=C(NCCC(O)c1ccccc1Cl)C1CCC(=O)N1Cc1ccc2c(c1)OCO2. The first kappa shape index (κ1) is 20.5. The molecule has 4 rings (SSSR count). The Morgan fingerprint density at radius 1 is 1.23 bits per heavy atom. The van der Waals surface area contributed by atoms with Crippen molar-refractivity contribution in [3.8, 4) is 11.5 Å². The summed E-state index contributed by atoms with van der Waals surface area (Å²) in [4.78, 5) is 26.7. The van der Waals surface area contributed by atoms with E-state index in [0.29, 0.717) is 47.9 Å². The second-order valence-electron chi connectivity index (χ2n) is 7.38. The minimum absolute atomic E-state index is 0.0519. The fourth-order valence-corrected chi connectivity index (χ4v) is 4.05. The van der Waals surface area contributed by atoms with E-state index in [4.69, 9.17) is 21.1 Å². The molecule has 0 radical (unpaired) electrons. The van der Waals surface area contributed by atoms with Gasteiger partial charge in [-0.2, -0.15) is 0 Å². The van der Waals surface area contributed by atoms with Gasteiger partial charge in [0.2, 0.25) is 18.6 Å². The zero-order chi connectivity index (χ0) is 21.1. The molecule has 1 fully saturated rings. The third-order valence-electron chi connectivity index (χ3n) is 5.40. The van der Waals surface area contributed by atoms with E-state index in [0.717, 1.165) is 5.56 Å². The Hall–Kier alpha value is -2.77. The van der Waals surface area contributed by atoms with Crippen molar-refractivity contribution in [3.05, 3.63) is 58.6 Å². The van der Waals surface area contributed by atoms with Gasteiger partial charge in [0, 0.05) is 24.5 Å². The highest BCUT2D eigenvalue weighted by atomic mass is 35.5. The van der Waals surface area contributed by atoms with Crippen LogP contribution >= 0.6 is 11.6 Å². The Morgan fingerprint density at radius 3 is 2.87 bits per heavy atom. The molecular formula is C22H23ClN2O5. The zero-order valence-electron chi connectivity index (χ0n) is 16.3. The molecule has 2 aliphatic heterocycles. The number of carbonyl (C=O) groups excluding carboxylic acids is 2. The number of fused-ring (bicyclic) bond motifs is 1. The lowest BCUT2D eigenvalue weighted by Crippen LogP contribution is -2.44. The number of nitrogens with one attached hydrogen (secondary N) is 1. The molecular weight excluding hydrogens is 408 g/mol. The molecule has 0 aliphatic carbocycles. The molecule has 0 spiro atoms. The highest BCUT2D eigenvalue weighted by Crippen LogP contribution is 2.33. The number of hydrogen-bond acceptors (Lipinski definition) is 5. The highest BCUT2D eigenvalue weighted by molar-refractivity contribution is 6.31. The summed E-state index contributed by atoms with van der Waals surface area (Å²) in [5, 5.41) is 13.7. The normalized spacial score (nSPS) is 18.5. The first-order valence-corrected chi connectivity index (χ1v) is 10.3. The summed E-state index contributed by atoms with van der Waals surface area (Å²) >= 11 is 6.10. The quantitative estimate of drug-likeness (QED) is 0.705. The number of nitrogens with zero attached hydrogens (tertiary/aromatic N) is 1. The van der Waals surface area contributed by atoms with Crippen molar-refractivity contribution in [2.75, 3.05) is 13.3 Å². The van der Waals surface area contributed by atoms with Crippen LogP contribution in [0.1, 0.15) is 36.5 Å². The van der Waals surface area contributed by atoms with Crippen LogP contribution in [0.4, 0.5) is 0 Å². The average Bonchev–Trinajstić information content (AvgIpc) is 3.35. The first-order chi connectivity index (χ1) is 14.5. The molecule has 2 aliphatic rings. The van der Waals surface area contributed by atoms with Crippen molar-refractivity contribution in [2.45, 2.75) is 38.0 Å². The van der Waals surface area contributed by atoms with Crippen molar-refractivity contribution < 1.29 is 24.2 Å². The lowest BCUT2D eigenvalue weighted by Gasteiger charge is -2.24. The Kier molecular flexibility index (Phi) is 6.11. The Morgan fingerprint density at radius 2 is 2.03 bits per heavy atom. The summed E-state index contributed by atoms with van der Waals surface area (Å²) in [5.74, 6) is 1.06. The van der Waals surface area contributed by atoms with Gasteiger partial charge in [-0.25, -0.2) is 0 Å². The van der Waals surface area contributed by atoms with Gasteiger partial charge < -0.3 is 24.8 Å². The monoisotopic (exact) mass is 430 g/mol. The number of ether oxygens (including phenoxy) is 2. The predicted octanol–water partition coefficient (Wildman–Crippen LogP) is 2.80. The summed E-state index contributed by atoms with van der Waals surface area (Å²) in [7, 11) is 0. The lowest BCUT2D eigenvalue weighted by atomic mass is 10.1. The van der Waals surface area contributed by atoms with Crippen molar-refractivity contribution in [1.82, 2.24) is 10.2 Å². The van der Waals surface area contributed by atoms with E-state index >= 15 is 0 Å². The molecule has 2 heterocycles. The maximum atomic E-state index is 12.7. The van der Waals surface area contributed by atoms with Gasteiger partial charge in [0.1, 0.15) is 6.04 Å². The van der Waals surface area contributed by atoms with Crippen LogP contribution in [0.15, 0.2) is 42.5 Å². The standard InChI is InChI=1S/C22H23ClN2O5/c23-16-4-2-1-3-15(16)18(26)9-10-24-22(28)17-6-8-21(27)25(17)12-14-5-7-19-20(11-14)30-13-29-19/h1-5,7,11,17-18,26H,6,8-10,12-13H2,(H,24,28). The van der Waals surface area contributed by atoms with E-state index < -0.39 is 12.1 Å². The number of likely N-dealkylation sites (tertiary alicyclic amines) is 1. The fraction of sp³-hybridized carbons (Fsp3) is 0.364. The molecule has 0 bridgehead atoms. The molecule has 7 nitrogen and oxygen atoms in total. The molecule has 0 aromatic heterocycles. The molecule has 2 aromatic rings. The van der Waals surface area contributed by atoms with Gasteiger partial charge in [0.25, 0.3) is 0 Å². The van der Waals surface area contributed by atoms with Gasteiger partial charge >= 0.3 is 0 Å². The average molecular weight is 431 g/mol. The molecule has 2 amide bonds. The van der Waals surface area contributed by atoms with Crippen molar-refractivity contribution in [3.63, 3.8) is 0 Å². The molecule has 8 heteroatoms. The zero-order valence-corrected chi connectivity index (χ0v) is 17.1. The highest BCUT2D eigenvalue weighted by Gasteiger charge is 2.36. The first-order valence-electron chi connectivity index (χ1n) is 9.91. The summed E-state index contributed by atoms with van der Waals surface area (Å²) in [6.45, 7) is 0.802. The van der Waals surface area contributed by atoms with E-state index in [1.54, 1.807) is 29.2 Å². The summed E-state index contributed by atoms with van der Waals surface area (Å²) < 4.78 is 10.7. The summed E-state index contributed by atoms with van der Waals surface area (Å²) in [6, 6.07) is 12.1. The number of amides is 2. The maximum absolute atomic E-state index is 12.7. The van der Waals surface area contributed by atoms with Gasteiger partial charge in [-0.3, -0.25) is 9.59 Å². The van der Waals surface area contributed by atoms with E-state index in [1.165, 1.54) is 0 Å². The second kappa shape index (κ2) is 8.93. The fourth-order valence-electron chi connectivity index (χ4n) is 3.79. The minimum atomic E-state index is -0.769. The molecule has 2 unspecified atom stereocenters. The van der Waals surface area contributed by atoms with Crippen molar-refractivity contribution >= 4 is 23.4 Å². The number of halogens is 1. The van der Waals surface area contributed by atoms with Gasteiger partial charge in [-0.05, 0) is 42.2 Å². The number of carbonyl (C=O) groups is 2. The number of aliphatic hydroxyl groups is 1. The van der Waals surface area contributed by atoms with Gasteiger partial charge in [0.05, 0.1) is 6.10 Å². The van der Waals surface area contributed by atoms with Crippen LogP contribution in [0.2, 0.25) is 5.02 Å². The van der Waals surface area contributed by atoms with Crippen LogP contribution in [-0.2, 0) is 16.1 Å². The van der Waals surface area contributed by atoms with Crippen LogP contribution in [0.5, 0.6) is 11.5 Å². The number of rotatable bonds is 7. The lowest BCUT2D eigenvalue weighted by molar-refractivity contribution is -0.135.